The van der Waals surface area contributed by atoms with Crippen molar-refractivity contribution in [2.75, 3.05) is 0 Å². The second-order valence-corrected chi connectivity index (χ2v) is 6.56. The first-order valence-corrected chi connectivity index (χ1v) is 8.76. The van der Waals surface area contributed by atoms with Gasteiger partial charge in [0.05, 0.1) is 16.6 Å². The number of imidazole rings is 1. The third kappa shape index (κ3) is 1.69. The molecule has 0 aliphatic rings. The van der Waals surface area contributed by atoms with Crippen molar-refractivity contribution in [2.45, 2.75) is 0 Å². The predicted octanol–water partition coefficient (Wildman–Crippen LogP) is 5.58. The molecule has 6 rings (SSSR count). The Morgan fingerprint density at radius 1 is 0.615 bits per heavy atom. The average Bonchev–Trinajstić information content (AvgIpc) is 3.24. The standard InChI is InChI=1S/C23H15N3/c1-2-8-16(9-3-1)26-19-11-5-4-10-17(19)18-13-14-20-22(23(18)26)24-21-12-6-7-15-25(20)21/h1-15H. The van der Waals surface area contributed by atoms with Crippen LogP contribution in [0, 0.1) is 0 Å². The van der Waals surface area contributed by atoms with Crippen molar-refractivity contribution in [3.63, 3.8) is 0 Å². The van der Waals surface area contributed by atoms with Gasteiger partial charge >= 0.3 is 0 Å². The molecule has 3 heterocycles. The molecule has 0 spiro atoms. The van der Waals surface area contributed by atoms with Gasteiger partial charge in [-0.05, 0) is 42.5 Å². The smallest absolute Gasteiger partial charge is 0.137 e. The highest BCUT2D eigenvalue weighted by Gasteiger charge is 2.17. The normalized spacial score (nSPS) is 11.8. The van der Waals surface area contributed by atoms with Crippen LogP contribution in [-0.2, 0) is 0 Å². The third-order valence-electron chi connectivity index (χ3n) is 5.13. The van der Waals surface area contributed by atoms with Gasteiger partial charge in [0.2, 0.25) is 0 Å². The molecular weight excluding hydrogens is 318 g/mol. The van der Waals surface area contributed by atoms with Gasteiger partial charge < -0.3 is 4.57 Å². The zero-order valence-corrected chi connectivity index (χ0v) is 14.0. The lowest BCUT2D eigenvalue weighted by Crippen LogP contribution is -1.93. The number of fused-ring (bicyclic) bond motifs is 7. The van der Waals surface area contributed by atoms with Crippen molar-refractivity contribution in [3.8, 4) is 5.69 Å². The Bertz CT molecular complexity index is 1420. The Balaban J connectivity index is 1.92. The lowest BCUT2D eigenvalue weighted by molar-refractivity contribution is 1.18. The molecule has 3 aromatic carbocycles. The van der Waals surface area contributed by atoms with E-state index in [1.807, 2.05) is 12.1 Å². The van der Waals surface area contributed by atoms with Gasteiger partial charge in [0, 0.05) is 22.7 Å². The topological polar surface area (TPSA) is 22.2 Å². The van der Waals surface area contributed by atoms with Crippen molar-refractivity contribution < 1.29 is 0 Å². The zero-order valence-electron chi connectivity index (χ0n) is 14.0. The first-order chi connectivity index (χ1) is 12.9. The van der Waals surface area contributed by atoms with Crippen LogP contribution in [0.25, 0.3) is 44.2 Å². The molecule has 3 aromatic heterocycles. The van der Waals surface area contributed by atoms with E-state index in [0.717, 1.165) is 22.4 Å². The first kappa shape index (κ1) is 13.7. The Morgan fingerprint density at radius 3 is 2.35 bits per heavy atom. The van der Waals surface area contributed by atoms with Crippen LogP contribution < -0.4 is 0 Å². The first-order valence-electron chi connectivity index (χ1n) is 8.76. The van der Waals surface area contributed by atoms with Gasteiger partial charge in [0.1, 0.15) is 11.2 Å². The molecule has 26 heavy (non-hydrogen) atoms. The van der Waals surface area contributed by atoms with Gasteiger partial charge in [-0.2, -0.15) is 0 Å². The molecule has 0 atom stereocenters. The maximum absolute atomic E-state index is 4.97. The zero-order chi connectivity index (χ0) is 17.1. The molecule has 3 nitrogen and oxygen atoms in total. The summed E-state index contributed by atoms with van der Waals surface area (Å²) in [5.41, 5.74) is 6.67. The summed E-state index contributed by atoms with van der Waals surface area (Å²) in [4.78, 5) is 4.97. The quantitative estimate of drug-likeness (QED) is 0.385. The monoisotopic (exact) mass is 333 g/mol. The van der Waals surface area contributed by atoms with E-state index in [2.05, 4.69) is 88.0 Å². The minimum atomic E-state index is 0.972. The third-order valence-corrected chi connectivity index (χ3v) is 5.13. The fraction of sp³-hybridized carbons (Fsp3) is 0. The summed E-state index contributed by atoms with van der Waals surface area (Å²) < 4.78 is 4.49. The maximum atomic E-state index is 4.97. The summed E-state index contributed by atoms with van der Waals surface area (Å²) in [5, 5.41) is 2.49. The largest absolute Gasteiger partial charge is 0.307 e. The van der Waals surface area contributed by atoms with Gasteiger partial charge in [0.25, 0.3) is 0 Å². The van der Waals surface area contributed by atoms with E-state index in [9.17, 15) is 0 Å². The van der Waals surface area contributed by atoms with Crippen LogP contribution in [-0.4, -0.2) is 14.0 Å². The van der Waals surface area contributed by atoms with E-state index < -0.39 is 0 Å². The molecule has 0 saturated carbocycles. The highest BCUT2D eigenvalue weighted by Crippen LogP contribution is 2.36. The molecule has 3 heteroatoms. The molecule has 122 valence electrons. The van der Waals surface area contributed by atoms with Crippen LogP contribution in [0.3, 0.4) is 0 Å². The number of pyridine rings is 1. The van der Waals surface area contributed by atoms with E-state index in [1.54, 1.807) is 0 Å². The van der Waals surface area contributed by atoms with Gasteiger partial charge in [-0.3, -0.25) is 4.40 Å². The van der Waals surface area contributed by atoms with Crippen LogP contribution in [0.5, 0.6) is 0 Å². The van der Waals surface area contributed by atoms with E-state index in [0.29, 0.717) is 0 Å². The van der Waals surface area contributed by atoms with Crippen LogP contribution in [0.1, 0.15) is 0 Å². The second kappa shape index (κ2) is 4.96. The summed E-state index contributed by atoms with van der Waals surface area (Å²) in [7, 11) is 0. The summed E-state index contributed by atoms with van der Waals surface area (Å²) in [6.45, 7) is 0. The molecule has 0 N–H and O–H groups in total. The predicted molar refractivity (Wildman–Crippen MR) is 107 cm³/mol. The number of benzene rings is 3. The van der Waals surface area contributed by atoms with Gasteiger partial charge in [-0.25, -0.2) is 4.98 Å². The van der Waals surface area contributed by atoms with Crippen LogP contribution >= 0.6 is 0 Å². The van der Waals surface area contributed by atoms with Crippen LogP contribution in [0.2, 0.25) is 0 Å². The summed E-state index contributed by atoms with van der Waals surface area (Å²) in [6.07, 6.45) is 2.08. The fourth-order valence-corrected chi connectivity index (χ4v) is 4.02. The van der Waals surface area contributed by atoms with E-state index >= 15 is 0 Å². The van der Waals surface area contributed by atoms with Gasteiger partial charge in [-0.15, -0.1) is 0 Å². The lowest BCUT2D eigenvalue weighted by Gasteiger charge is -2.07. The van der Waals surface area contributed by atoms with Crippen molar-refractivity contribution in [1.29, 1.82) is 0 Å². The van der Waals surface area contributed by atoms with Crippen LogP contribution in [0.15, 0.2) is 91.1 Å². The van der Waals surface area contributed by atoms with Gasteiger partial charge in [0.15, 0.2) is 0 Å². The second-order valence-electron chi connectivity index (χ2n) is 6.56. The molecule has 0 radical (unpaired) electrons. The van der Waals surface area contributed by atoms with Crippen molar-refractivity contribution >= 4 is 38.5 Å². The molecule has 6 aromatic rings. The molecule has 0 fully saturated rings. The number of para-hydroxylation sites is 2. The van der Waals surface area contributed by atoms with Crippen molar-refractivity contribution in [3.05, 3.63) is 91.1 Å². The van der Waals surface area contributed by atoms with Crippen LogP contribution in [0.4, 0.5) is 0 Å². The number of hydrogen-bond acceptors (Lipinski definition) is 1. The molecule has 0 saturated heterocycles. The van der Waals surface area contributed by atoms with E-state index in [-0.39, 0.29) is 0 Å². The summed E-state index contributed by atoms with van der Waals surface area (Å²) in [5.74, 6) is 0. The Morgan fingerprint density at radius 2 is 1.42 bits per heavy atom. The Kier molecular flexibility index (Phi) is 2.61. The number of hydrogen-bond donors (Lipinski definition) is 0. The molecule has 0 aliphatic heterocycles. The molecule has 0 aliphatic carbocycles. The lowest BCUT2D eigenvalue weighted by atomic mass is 10.1. The number of aromatic nitrogens is 3. The number of nitrogens with zero attached hydrogens (tertiary/aromatic N) is 3. The molecular formula is C23H15N3. The summed E-state index contributed by atoms with van der Waals surface area (Å²) >= 11 is 0. The Labute approximate surface area is 149 Å². The average molecular weight is 333 g/mol. The van der Waals surface area contributed by atoms with E-state index in [1.165, 1.54) is 21.8 Å². The Hall–Kier alpha value is -3.59. The maximum Gasteiger partial charge on any atom is 0.137 e. The molecule has 0 amide bonds. The molecule has 0 unspecified atom stereocenters. The van der Waals surface area contributed by atoms with Gasteiger partial charge in [-0.1, -0.05) is 42.5 Å². The minimum Gasteiger partial charge on any atom is -0.307 e. The minimum absolute atomic E-state index is 0.972. The summed E-state index contributed by atoms with van der Waals surface area (Å²) in [6, 6.07) is 29.6. The van der Waals surface area contributed by atoms with Crippen molar-refractivity contribution in [1.82, 2.24) is 14.0 Å². The number of rotatable bonds is 1. The van der Waals surface area contributed by atoms with E-state index in [4.69, 9.17) is 4.98 Å². The SMILES string of the molecule is c1ccc(-n2c3ccccc3c3ccc4c(nc5ccccn54)c32)cc1. The highest BCUT2D eigenvalue weighted by molar-refractivity contribution is 6.17. The fourth-order valence-electron chi connectivity index (χ4n) is 4.02. The van der Waals surface area contributed by atoms with Crippen molar-refractivity contribution in [2.24, 2.45) is 0 Å². The molecule has 0 bridgehead atoms. The highest BCUT2D eigenvalue weighted by atomic mass is 15.0.